The lowest BCUT2D eigenvalue weighted by atomic mass is 10.2. The molecule has 3 nitrogen and oxygen atoms in total. The number of fused-ring (bicyclic) bond motifs is 1. The third-order valence-electron chi connectivity index (χ3n) is 2.51. The third-order valence-corrected chi connectivity index (χ3v) is 3.62. The fraction of sp³-hybridized carbons (Fsp3) is 0.333. The molecule has 1 aromatic carbocycles. The quantitative estimate of drug-likeness (QED) is 0.810. The zero-order valence-corrected chi connectivity index (χ0v) is 10.6. The van der Waals surface area contributed by atoms with Gasteiger partial charge in [-0.05, 0) is 12.0 Å². The summed E-state index contributed by atoms with van der Waals surface area (Å²) in [6.07, 6.45) is 1.75. The SMILES string of the molecule is CC(CBr)Cn1ncc2ccccc2c1=O. The summed E-state index contributed by atoms with van der Waals surface area (Å²) in [5, 5.41) is 6.68. The summed E-state index contributed by atoms with van der Waals surface area (Å²) in [5.74, 6) is 0.395. The van der Waals surface area contributed by atoms with Crippen LogP contribution in [0.3, 0.4) is 0 Å². The Bertz CT molecular complexity index is 550. The Kier molecular flexibility index (Phi) is 3.39. The van der Waals surface area contributed by atoms with Gasteiger partial charge in [-0.15, -0.1) is 0 Å². The number of alkyl halides is 1. The summed E-state index contributed by atoms with van der Waals surface area (Å²) >= 11 is 3.40. The molecule has 0 fully saturated rings. The summed E-state index contributed by atoms with van der Waals surface area (Å²) in [7, 11) is 0. The Labute approximate surface area is 102 Å². The second-order valence-corrected chi connectivity index (χ2v) is 4.63. The van der Waals surface area contributed by atoms with Crippen LogP contribution in [0.2, 0.25) is 0 Å². The zero-order chi connectivity index (χ0) is 11.5. The van der Waals surface area contributed by atoms with E-state index in [4.69, 9.17) is 0 Å². The van der Waals surface area contributed by atoms with Crippen molar-refractivity contribution in [3.05, 3.63) is 40.8 Å². The number of rotatable bonds is 3. The highest BCUT2D eigenvalue weighted by Gasteiger charge is 2.06. The van der Waals surface area contributed by atoms with E-state index in [0.29, 0.717) is 12.5 Å². The molecule has 0 saturated carbocycles. The van der Waals surface area contributed by atoms with Gasteiger partial charge in [0, 0.05) is 17.3 Å². The summed E-state index contributed by atoms with van der Waals surface area (Å²) in [5.41, 5.74) is -0.00843. The van der Waals surface area contributed by atoms with Gasteiger partial charge in [0.1, 0.15) is 0 Å². The highest BCUT2D eigenvalue weighted by molar-refractivity contribution is 9.09. The Balaban J connectivity index is 2.49. The van der Waals surface area contributed by atoms with E-state index in [9.17, 15) is 4.79 Å². The van der Waals surface area contributed by atoms with Crippen LogP contribution in [-0.2, 0) is 6.54 Å². The van der Waals surface area contributed by atoms with Crippen LogP contribution >= 0.6 is 15.9 Å². The van der Waals surface area contributed by atoms with Crippen molar-refractivity contribution in [1.82, 2.24) is 9.78 Å². The lowest BCUT2D eigenvalue weighted by molar-refractivity contribution is 0.474. The molecule has 16 heavy (non-hydrogen) atoms. The zero-order valence-electron chi connectivity index (χ0n) is 9.06. The van der Waals surface area contributed by atoms with Crippen LogP contribution in [0.5, 0.6) is 0 Å². The molecular weight excluding hydrogens is 268 g/mol. The summed E-state index contributed by atoms with van der Waals surface area (Å²) < 4.78 is 1.54. The summed E-state index contributed by atoms with van der Waals surface area (Å²) in [6.45, 7) is 2.73. The van der Waals surface area contributed by atoms with E-state index in [1.54, 1.807) is 6.20 Å². The van der Waals surface area contributed by atoms with Crippen LogP contribution < -0.4 is 5.56 Å². The molecule has 2 aromatic rings. The van der Waals surface area contributed by atoms with Crippen molar-refractivity contribution in [2.75, 3.05) is 5.33 Å². The number of hydrogen-bond acceptors (Lipinski definition) is 2. The maximum Gasteiger partial charge on any atom is 0.274 e. The van der Waals surface area contributed by atoms with E-state index < -0.39 is 0 Å². The molecule has 0 radical (unpaired) electrons. The van der Waals surface area contributed by atoms with Crippen molar-refractivity contribution in [3.8, 4) is 0 Å². The Hall–Kier alpha value is -1.16. The van der Waals surface area contributed by atoms with E-state index in [1.165, 1.54) is 4.68 Å². The average molecular weight is 281 g/mol. The summed E-state index contributed by atoms with van der Waals surface area (Å²) in [4.78, 5) is 12.1. The van der Waals surface area contributed by atoms with Gasteiger partial charge in [0.05, 0.1) is 11.6 Å². The topological polar surface area (TPSA) is 34.9 Å². The lowest BCUT2D eigenvalue weighted by Crippen LogP contribution is -2.25. The number of nitrogens with zero attached hydrogens (tertiary/aromatic N) is 2. The monoisotopic (exact) mass is 280 g/mol. The molecule has 1 unspecified atom stereocenters. The van der Waals surface area contributed by atoms with Crippen LogP contribution in [0.1, 0.15) is 6.92 Å². The molecule has 0 aliphatic rings. The molecule has 4 heteroatoms. The molecule has 0 amide bonds. The van der Waals surface area contributed by atoms with Gasteiger partial charge in [0.2, 0.25) is 0 Å². The molecule has 0 aliphatic heterocycles. The molecule has 0 saturated heterocycles. The predicted octanol–water partition coefficient (Wildman–Crippen LogP) is 2.43. The molecule has 0 N–H and O–H groups in total. The highest BCUT2D eigenvalue weighted by atomic mass is 79.9. The Morgan fingerprint density at radius 3 is 2.94 bits per heavy atom. The molecule has 1 heterocycles. The molecule has 1 atom stereocenters. The van der Waals surface area contributed by atoms with E-state index in [-0.39, 0.29) is 5.56 Å². The highest BCUT2D eigenvalue weighted by Crippen LogP contribution is 2.08. The van der Waals surface area contributed by atoms with Crippen molar-refractivity contribution in [2.24, 2.45) is 5.92 Å². The largest absolute Gasteiger partial charge is 0.274 e. The van der Waals surface area contributed by atoms with Crippen LogP contribution in [0.4, 0.5) is 0 Å². The van der Waals surface area contributed by atoms with E-state index in [0.717, 1.165) is 16.1 Å². The van der Waals surface area contributed by atoms with Gasteiger partial charge in [-0.25, -0.2) is 4.68 Å². The minimum atomic E-state index is -0.00843. The Morgan fingerprint density at radius 2 is 2.19 bits per heavy atom. The first-order valence-corrected chi connectivity index (χ1v) is 6.35. The van der Waals surface area contributed by atoms with Gasteiger partial charge >= 0.3 is 0 Å². The van der Waals surface area contributed by atoms with Crippen LogP contribution in [0, 0.1) is 5.92 Å². The van der Waals surface area contributed by atoms with Gasteiger partial charge in [-0.2, -0.15) is 5.10 Å². The number of halogens is 1. The number of aromatic nitrogens is 2. The number of benzene rings is 1. The first-order valence-electron chi connectivity index (χ1n) is 5.23. The van der Waals surface area contributed by atoms with Crippen LogP contribution in [-0.4, -0.2) is 15.1 Å². The molecule has 0 aliphatic carbocycles. The maximum absolute atomic E-state index is 12.1. The van der Waals surface area contributed by atoms with E-state index >= 15 is 0 Å². The molecule has 0 bridgehead atoms. The second kappa shape index (κ2) is 4.78. The lowest BCUT2D eigenvalue weighted by Gasteiger charge is -2.09. The van der Waals surface area contributed by atoms with Crippen molar-refractivity contribution < 1.29 is 0 Å². The maximum atomic E-state index is 12.1. The number of hydrogen-bond donors (Lipinski definition) is 0. The van der Waals surface area contributed by atoms with Crippen molar-refractivity contribution >= 4 is 26.7 Å². The second-order valence-electron chi connectivity index (χ2n) is 3.98. The average Bonchev–Trinajstić information content (AvgIpc) is 2.33. The molecule has 1 aromatic heterocycles. The van der Waals surface area contributed by atoms with Crippen LogP contribution in [0.15, 0.2) is 35.3 Å². The standard InChI is InChI=1S/C12H13BrN2O/c1-9(6-13)8-15-12(16)11-5-3-2-4-10(11)7-14-15/h2-5,7,9H,6,8H2,1H3. The molecule has 2 rings (SSSR count). The van der Waals surface area contributed by atoms with Gasteiger partial charge in [0.25, 0.3) is 5.56 Å². The molecular formula is C12H13BrN2O. The fourth-order valence-corrected chi connectivity index (χ4v) is 1.81. The first kappa shape index (κ1) is 11.3. The van der Waals surface area contributed by atoms with Gasteiger partial charge < -0.3 is 0 Å². The van der Waals surface area contributed by atoms with Crippen LogP contribution in [0.25, 0.3) is 10.8 Å². The van der Waals surface area contributed by atoms with Gasteiger partial charge in [0.15, 0.2) is 0 Å². The third kappa shape index (κ3) is 2.16. The van der Waals surface area contributed by atoms with Gasteiger partial charge in [-0.1, -0.05) is 41.1 Å². The predicted molar refractivity (Wildman–Crippen MR) is 69.0 cm³/mol. The van der Waals surface area contributed by atoms with E-state index in [1.807, 2.05) is 24.3 Å². The summed E-state index contributed by atoms with van der Waals surface area (Å²) in [6, 6.07) is 7.54. The van der Waals surface area contributed by atoms with Crippen molar-refractivity contribution in [1.29, 1.82) is 0 Å². The van der Waals surface area contributed by atoms with E-state index in [2.05, 4.69) is 28.0 Å². The first-order chi connectivity index (χ1) is 7.72. The van der Waals surface area contributed by atoms with Crippen molar-refractivity contribution in [2.45, 2.75) is 13.5 Å². The fourth-order valence-electron chi connectivity index (χ4n) is 1.60. The Morgan fingerprint density at radius 1 is 1.44 bits per heavy atom. The molecule has 0 spiro atoms. The smallest absolute Gasteiger partial charge is 0.267 e. The minimum Gasteiger partial charge on any atom is -0.267 e. The normalized spacial score (nSPS) is 12.9. The molecule has 84 valence electrons. The minimum absolute atomic E-state index is 0.00843. The van der Waals surface area contributed by atoms with Crippen molar-refractivity contribution in [3.63, 3.8) is 0 Å². The van der Waals surface area contributed by atoms with Gasteiger partial charge in [-0.3, -0.25) is 4.79 Å².